The monoisotopic (exact) mass is 366 g/mol. The number of aryl methyl sites for hydroxylation is 1. The molecule has 0 aromatic carbocycles. The van der Waals surface area contributed by atoms with E-state index >= 15 is 0 Å². The SMILES string of the molecule is CC(C)n1cc(-c2cc3ncn(C)c3c(O[C@H](C)C3=CC(=O)NC3)n2)cn1. The third kappa shape index (κ3) is 3.18. The van der Waals surface area contributed by atoms with Crippen molar-refractivity contribution in [2.24, 2.45) is 7.05 Å². The number of rotatable bonds is 5. The summed E-state index contributed by atoms with van der Waals surface area (Å²) in [5.74, 6) is 0.404. The molecule has 0 saturated heterocycles. The van der Waals surface area contributed by atoms with E-state index in [4.69, 9.17) is 9.72 Å². The summed E-state index contributed by atoms with van der Waals surface area (Å²) in [5, 5.41) is 7.16. The Kier molecular flexibility index (Phi) is 4.18. The molecule has 0 fully saturated rings. The van der Waals surface area contributed by atoms with Crippen LogP contribution < -0.4 is 10.1 Å². The van der Waals surface area contributed by atoms with Gasteiger partial charge in [-0.1, -0.05) is 0 Å². The van der Waals surface area contributed by atoms with Gasteiger partial charge in [0, 0.05) is 37.5 Å². The summed E-state index contributed by atoms with van der Waals surface area (Å²) in [6, 6.07) is 2.21. The van der Waals surface area contributed by atoms with Crippen molar-refractivity contribution in [2.75, 3.05) is 6.54 Å². The maximum Gasteiger partial charge on any atom is 0.244 e. The molecular formula is C19H22N6O2. The van der Waals surface area contributed by atoms with Crippen LogP contribution in [0.4, 0.5) is 0 Å². The van der Waals surface area contributed by atoms with Crippen LogP contribution in [-0.4, -0.2) is 42.9 Å². The lowest BCUT2D eigenvalue weighted by molar-refractivity contribution is -0.115. The highest BCUT2D eigenvalue weighted by Gasteiger charge is 2.21. The fourth-order valence-electron chi connectivity index (χ4n) is 3.09. The normalized spacial score (nSPS) is 15.3. The molecule has 0 unspecified atom stereocenters. The molecule has 8 heteroatoms. The summed E-state index contributed by atoms with van der Waals surface area (Å²) in [7, 11) is 1.91. The van der Waals surface area contributed by atoms with Crippen molar-refractivity contribution in [1.29, 1.82) is 0 Å². The molecule has 1 atom stereocenters. The van der Waals surface area contributed by atoms with Gasteiger partial charge in [0.2, 0.25) is 11.8 Å². The topological polar surface area (TPSA) is 86.9 Å². The van der Waals surface area contributed by atoms with Crippen LogP contribution in [0.5, 0.6) is 5.88 Å². The average Bonchev–Trinajstić information content (AvgIpc) is 3.34. The van der Waals surface area contributed by atoms with E-state index in [1.165, 1.54) is 0 Å². The summed E-state index contributed by atoms with van der Waals surface area (Å²) < 4.78 is 9.94. The Morgan fingerprint density at radius 2 is 2.11 bits per heavy atom. The fourth-order valence-corrected chi connectivity index (χ4v) is 3.09. The van der Waals surface area contributed by atoms with E-state index in [1.54, 1.807) is 18.6 Å². The number of nitrogens with one attached hydrogen (secondary N) is 1. The van der Waals surface area contributed by atoms with Crippen LogP contribution in [0, 0.1) is 0 Å². The number of carbonyl (C=O) groups excluding carboxylic acids is 1. The van der Waals surface area contributed by atoms with Gasteiger partial charge < -0.3 is 14.6 Å². The Morgan fingerprint density at radius 3 is 2.78 bits per heavy atom. The quantitative estimate of drug-likeness (QED) is 0.748. The van der Waals surface area contributed by atoms with Crippen molar-refractivity contribution in [3.05, 3.63) is 36.4 Å². The number of fused-ring (bicyclic) bond motifs is 1. The first-order chi connectivity index (χ1) is 12.9. The van der Waals surface area contributed by atoms with Gasteiger partial charge in [0.1, 0.15) is 11.6 Å². The first kappa shape index (κ1) is 17.3. The summed E-state index contributed by atoms with van der Waals surface area (Å²) >= 11 is 0. The van der Waals surface area contributed by atoms with Gasteiger partial charge in [-0.3, -0.25) is 9.48 Å². The van der Waals surface area contributed by atoms with Crippen molar-refractivity contribution in [2.45, 2.75) is 32.9 Å². The van der Waals surface area contributed by atoms with E-state index in [2.05, 4.69) is 29.2 Å². The van der Waals surface area contributed by atoms with Crippen LogP contribution in [0.25, 0.3) is 22.3 Å². The smallest absolute Gasteiger partial charge is 0.244 e. The highest BCUT2D eigenvalue weighted by atomic mass is 16.5. The van der Waals surface area contributed by atoms with Crippen LogP contribution in [0.15, 0.2) is 36.4 Å². The second-order valence-corrected chi connectivity index (χ2v) is 7.04. The van der Waals surface area contributed by atoms with Crippen LogP contribution >= 0.6 is 0 Å². The predicted octanol–water partition coefficient (Wildman–Crippen LogP) is 2.24. The number of hydrogen-bond donors (Lipinski definition) is 1. The number of nitrogens with zero attached hydrogens (tertiary/aromatic N) is 5. The van der Waals surface area contributed by atoms with Gasteiger partial charge in [-0.15, -0.1) is 0 Å². The Bertz CT molecular complexity index is 1050. The van der Waals surface area contributed by atoms with Crippen molar-refractivity contribution in [3.63, 3.8) is 0 Å². The highest BCUT2D eigenvalue weighted by Crippen LogP contribution is 2.30. The number of hydrogen-bond acceptors (Lipinski definition) is 5. The van der Waals surface area contributed by atoms with E-state index in [0.717, 1.165) is 27.9 Å². The summed E-state index contributed by atoms with van der Waals surface area (Å²) in [6.45, 7) is 6.56. The molecule has 1 aliphatic rings. The molecule has 8 nitrogen and oxygen atoms in total. The van der Waals surface area contributed by atoms with Gasteiger partial charge in [0.05, 0.1) is 23.7 Å². The average molecular weight is 366 g/mol. The molecule has 3 aromatic heterocycles. The van der Waals surface area contributed by atoms with Crippen LogP contribution in [0.3, 0.4) is 0 Å². The molecule has 0 aliphatic carbocycles. The zero-order valence-corrected chi connectivity index (χ0v) is 15.8. The molecule has 0 spiro atoms. The molecule has 4 rings (SSSR count). The van der Waals surface area contributed by atoms with E-state index in [9.17, 15) is 4.79 Å². The van der Waals surface area contributed by atoms with E-state index in [1.807, 2.05) is 35.5 Å². The maximum atomic E-state index is 11.4. The largest absolute Gasteiger partial charge is 0.468 e. The highest BCUT2D eigenvalue weighted by molar-refractivity contribution is 5.91. The first-order valence-corrected chi connectivity index (χ1v) is 8.94. The van der Waals surface area contributed by atoms with Crippen molar-refractivity contribution < 1.29 is 9.53 Å². The predicted molar refractivity (Wildman–Crippen MR) is 101 cm³/mol. The van der Waals surface area contributed by atoms with Crippen molar-refractivity contribution >= 4 is 16.9 Å². The lowest BCUT2D eigenvalue weighted by Gasteiger charge is -2.16. The number of ether oxygens (including phenoxy) is 1. The van der Waals surface area contributed by atoms with Gasteiger partial charge >= 0.3 is 0 Å². The maximum absolute atomic E-state index is 11.4. The molecule has 1 amide bonds. The first-order valence-electron chi connectivity index (χ1n) is 8.94. The lowest BCUT2D eigenvalue weighted by Crippen LogP contribution is -2.21. The molecule has 27 heavy (non-hydrogen) atoms. The van der Waals surface area contributed by atoms with Crippen LogP contribution in [-0.2, 0) is 11.8 Å². The number of aromatic nitrogens is 5. The molecule has 140 valence electrons. The molecule has 0 radical (unpaired) electrons. The van der Waals surface area contributed by atoms with Gasteiger partial charge in [0.25, 0.3) is 0 Å². The standard InChI is InChI=1S/C19H22N6O2/c1-11(2)25-9-14(8-22-25)15-6-16-18(24(4)10-21-16)19(23-15)27-12(3)13-5-17(26)20-7-13/h5-6,8-12H,7H2,1-4H3,(H,20,26)/t12-/m1/s1. The van der Waals surface area contributed by atoms with Gasteiger partial charge in [-0.05, 0) is 32.4 Å². The molecule has 4 heterocycles. The zero-order chi connectivity index (χ0) is 19.1. The van der Waals surface area contributed by atoms with Gasteiger partial charge in [-0.2, -0.15) is 5.10 Å². The second-order valence-electron chi connectivity index (χ2n) is 7.04. The van der Waals surface area contributed by atoms with Gasteiger partial charge in [0.15, 0.2) is 0 Å². The van der Waals surface area contributed by atoms with Gasteiger partial charge in [-0.25, -0.2) is 9.97 Å². The third-order valence-corrected chi connectivity index (χ3v) is 4.68. The molecular weight excluding hydrogens is 344 g/mol. The summed E-state index contributed by atoms with van der Waals surface area (Å²) in [6.07, 6.45) is 6.82. The molecule has 3 aromatic rings. The van der Waals surface area contributed by atoms with Crippen LogP contribution in [0.1, 0.15) is 26.8 Å². The molecule has 1 aliphatic heterocycles. The van der Waals surface area contributed by atoms with E-state index < -0.39 is 0 Å². The minimum absolute atomic E-state index is 0.0889. The van der Waals surface area contributed by atoms with E-state index in [-0.39, 0.29) is 18.1 Å². The molecule has 0 saturated carbocycles. The number of imidazole rings is 1. The van der Waals surface area contributed by atoms with E-state index in [0.29, 0.717) is 12.4 Å². The Morgan fingerprint density at radius 1 is 1.30 bits per heavy atom. The Hall–Kier alpha value is -3.16. The fraction of sp³-hybridized carbons (Fsp3) is 0.368. The third-order valence-electron chi connectivity index (χ3n) is 4.68. The molecule has 1 N–H and O–H groups in total. The summed E-state index contributed by atoms with van der Waals surface area (Å²) in [5.41, 5.74) is 4.18. The minimum Gasteiger partial charge on any atom is -0.468 e. The zero-order valence-electron chi connectivity index (χ0n) is 15.8. The van der Waals surface area contributed by atoms with Crippen molar-refractivity contribution in [3.8, 4) is 17.1 Å². The minimum atomic E-state index is -0.275. The number of carbonyl (C=O) groups is 1. The van der Waals surface area contributed by atoms with Crippen LogP contribution in [0.2, 0.25) is 0 Å². The summed E-state index contributed by atoms with van der Waals surface area (Å²) in [4.78, 5) is 20.6. The Labute approximate surface area is 156 Å². The second kappa shape index (κ2) is 6.53. The molecule has 0 bridgehead atoms. The lowest BCUT2D eigenvalue weighted by atomic mass is 10.2. The Balaban J connectivity index is 1.75. The number of pyridine rings is 1. The number of amides is 1. The van der Waals surface area contributed by atoms with Crippen molar-refractivity contribution in [1.82, 2.24) is 29.6 Å².